The number of sulfonamides is 1. The minimum absolute atomic E-state index is 0.0122. The number of nitrogens with one attached hydrogen (secondary N) is 1. The molecule has 1 saturated heterocycles. The number of amides is 3. The van der Waals surface area contributed by atoms with Crippen molar-refractivity contribution in [3.8, 4) is 5.75 Å². The predicted molar refractivity (Wildman–Crippen MR) is 184 cm³/mol. The number of carbonyl (C=O) groups excluding carboxylic acids is 3. The standard InChI is InChI=1S/C38H37N3O7S/c42-30(26-48-31-21-19-29(20-22-31)41-37(44)32-15-7-8-16-33(32)38(41)45)23-39-49(46,47)35-18-10-9-17-34(35)36(43)40(24-27-11-3-1-4-12-27)25-28-13-5-2-6-14-28/h1-14,17-22,30,32-33,39,42H,15-16,23-26H2/t30-,32-,33+/m0/s1. The zero-order chi connectivity index (χ0) is 34.4. The van der Waals surface area contributed by atoms with E-state index in [1.54, 1.807) is 41.3 Å². The number of imide groups is 1. The Hall–Kier alpha value is -5.10. The van der Waals surface area contributed by atoms with Gasteiger partial charge in [0.25, 0.3) is 5.91 Å². The van der Waals surface area contributed by atoms with Gasteiger partial charge in [-0.25, -0.2) is 13.1 Å². The average Bonchev–Trinajstić information content (AvgIpc) is 3.39. The second-order valence-electron chi connectivity index (χ2n) is 12.1. The van der Waals surface area contributed by atoms with Crippen molar-refractivity contribution >= 4 is 33.4 Å². The summed E-state index contributed by atoms with van der Waals surface area (Å²) < 4.78 is 35.1. The normalized spacial score (nSPS) is 17.9. The van der Waals surface area contributed by atoms with Gasteiger partial charge in [0.1, 0.15) is 18.5 Å². The van der Waals surface area contributed by atoms with Crippen LogP contribution in [0.4, 0.5) is 5.69 Å². The molecule has 252 valence electrons. The van der Waals surface area contributed by atoms with Gasteiger partial charge in [0.05, 0.1) is 28.0 Å². The SMILES string of the molecule is O=C(c1ccccc1S(=O)(=O)NC[C@H](O)COc1ccc(N2C(=O)[C@H]3CC=CC[C@H]3C2=O)cc1)N(Cc1ccccc1)Cc1ccccc1. The van der Waals surface area contributed by atoms with Crippen molar-refractivity contribution in [1.29, 1.82) is 0 Å². The molecule has 4 aromatic carbocycles. The largest absolute Gasteiger partial charge is 0.491 e. The first-order valence-corrected chi connectivity index (χ1v) is 17.6. The van der Waals surface area contributed by atoms with Crippen LogP contribution in [0.1, 0.15) is 34.3 Å². The van der Waals surface area contributed by atoms with Crippen LogP contribution in [-0.2, 0) is 32.7 Å². The number of fused-ring (bicyclic) bond motifs is 1. The second-order valence-corrected chi connectivity index (χ2v) is 13.8. The summed E-state index contributed by atoms with van der Waals surface area (Å²) in [6, 6.07) is 31.3. The number of benzene rings is 4. The summed E-state index contributed by atoms with van der Waals surface area (Å²) in [5, 5.41) is 10.6. The molecule has 1 fully saturated rings. The zero-order valence-corrected chi connectivity index (χ0v) is 27.5. The number of hydrogen-bond acceptors (Lipinski definition) is 7. The van der Waals surface area contributed by atoms with E-state index < -0.39 is 22.0 Å². The third kappa shape index (κ3) is 7.80. The van der Waals surface area contributed by atoms with E-state index in [0.717, 1.165) is 11.1 Å². The molecule has 6 rings (SSSR count). The summed E-state index contributed by atoms with van der Waals surface area (Å²) >= 11 is 0. The van der Waals surface area contributed by atoms with Crippen LogP contribution in [0.15, 0.2) is 126 Å². The monoisotopic (exact) mass is 679 g/mol. The number of rotatable bonds is 13. The molecule has 0 bridgehead atoms. The first-order valence-electron chi connectivity index (χ1n) is 16.1. The molecular formula is C38H37N3O7S. The average molecular weight is 680 g/mol. The van der Waals surface area contributed by atoms with Crippen molar-refractivity contribution in [2.45, 2.75) is 36.9 Å². The lowest BCUT2D eigenvalue weighted by Crippen LogP contribution is -2.37. The van der Waals surface area contributed by atoms with E-state index >= 15 is 0 Å². The lowest BCUT2D eigenvalue weighted by molar-refractivity contribution is -0.122. The van der Waals surface area contributed by atoms with Crippen molar-refractivity contribution in [3.05, 3.63) is 138 Å². The van der Waals surface area contributed by atoms with Gasteiger partial charge in [-0.05, 0) is 60.4 Å². The van der Waals surface area contributed by atoms with Gasteiger partial charge < -0.3 is 14.7 Å². The fraction of sp³-hybridized carbons (Fsp3) is 0.237. The number of aliphatic hydroxyl groups is 1. The fourth-order valence-electron chi connectivity index (χ4n) is 6.14. The summed E-state index contributed by atoms with van der Waals surface area (Å²) in [6.07, 6.45) is 3.76. The van der Waals surface area contributed by atoms with E-state index in [2.05, 4.69) is 4.72 Å². The summed E-state index contributed by atoms with van der Waals surface area (Å²) in [4.78, 5) is 42.3. The highest BCUT2D eigenvalue weighted by Gasteiger charge is 2.47. The van der Waals surface area contributed by atoms with Gasteiger partial charge in [0.2, 0.25) is 21.8 Å². The Balaban J connectivity index is 1.08. The molecule has 1 heterocycles. The molecule has 0 spiro atoms. The van der Waals surface area contributed by atoms with Crippen molar-refractivity contribution in [2.24, 2.45) is 11.8 Å². The molecule has 0 aromatic heterocycles. The molecule has 11 heteroatoms. The van der Waals surface area contributed by atoms with Gasteiger partial charge in [-0.2, -0.15) is 0 Å². The van der Waals surface area contributed by atoms with Gasteiger partial charge >= 0.3 is 0 Å². The maximum Gasteiger partial charge on any atom is 0.255 e. The molecular weight excluding hydrogens is 642 g/mol. The first-order chi connectivity index (χ1) is 23.7. The topological polar surface area (TPSA) is 133 Å². The number of hydrogen-bond donors (Lipinski definition) is 2. The molecule has 2 N–H and O–H groups in total. The molecule has 2 aliphatic rings. The predicted octanol–water partition coefficient (Wildman–Crippen LogP) is 4.70. The highest BCUT2D eigenvalue weighted by atomic mass is 32.2. The summed E-state index contributed by atoms with van der Waals surface area (Å²) in [5.74, 6) is -1.16. The third-order valence-electron chi connectivity index (χ3n) is 8.68. The Morgan fingerprint density at radius 3 is 1.90 bits per heavy atom. The van der Waals surface area contributed by atoms with Gasteiger partial charge in [-0.15, -0.1) is 0 Å². The molecule has 4 aromatic rings. The number of allylic oxidation sites excluding steroid dienone is 2. The van der Waals surface area contributed by atoms with Gasteiger partial charge in [-0.1, -0.05) is 84.9 Å². The quantitative estimate of drug-likeness (QED) is 0.155. The minimum atomic E-state index is -4.21. The maximum atomic E-state index is 13.9. The summed E-state index contributed by atoms with van der Waals surface area (Å²) in [7, 11) is -4.21. The van der Waals surface area contributed by atoms with Crippen LogP contribution in [0.25, 0.3) is 0 Å². The van der Waals surface area contributed by atoms with Crippen LogP contribution >= 0.6 is 0 Å². The number of carbonyl (C=O) groups is 3. The van der Waals surface area contributed by atoms with Crippen LogP contribution < -0.4 is 14.4 Å². The van der Waals surface area contributed by atoms with Crippen molar-refractivity contribution in [3.63, 3.8) is 0 Å². The summed E-state index contributed by atoms with van der Waals surface area (Å²) in [5.41, 5.74) is 2.26. The molecule has 0 saturated carbocycles. The molecule has 1 aliphatic carbocycles. The number of nitrogens with zero attached hydrogens (tertiary/aromatic N) is 2. The Morgan fingerprint density at radius 1 is 0.796 bits per heavy atom. The molecule has 3 amide bonds. The number of anilines is 1. The zero-order valence-electron chi connectivity index (χ0n) is 26.7. The van der Waals surface area contributed by atoms with Gasteiger partial charge in [0, 0.05) is 19.6 Å². The Bertz CT molecular complexity index is 1870. The van der Waals surface area contributed by atoms with E-state index in [1.165, 1.54) is 17.0 Å². The highest BCUT2D eigenvalue weighted by molar-refractivity contribution is 7.89. The molecule has 10 nitrogen and oxygen atoms in total. The maximum absolute atomic E-state index is 13.9. The van der Waals surface area contributed by atoms with E-state index in [4.69, 9.17) is 4.74 Å². The van der Waals surface area contributed by atoms with Crippen LogP contribution in [-0.4, -0.2) is 55.4 Å². The molecule has 0 unspecified atom stereocenters. The van der Waals surface area contributed by atoms with Crippen molar-refractivity contribution in [1.82, 2.24) is 9.62 Å². The molecule has 0 radical (unpaired) electrons. The minimum Gasteiger partial charge on any atom is -0.491 e. The smallest absolute Gasteiger partial charge is 0.255 e. The molecule has 49 heavy (non-hydrogen) atoms. The van der Waals surface area contributed by atoms with Gasteiger partial charge in [0.15, 0.2) is 0 Å². The Kier molecular flexibility index (Phi) is 10.3. The molecule has 3 atom stereocenters. The first kappa shape index (κ1) is 33.8. The lowest BCUT2D eigenvalue weighted by Gasteiger charge is -2.24. The number of aliphatic hydroxyl groups excluding tert-OH is 1. The molecule has 1 aliphatic heterocycles. The fourth-order valence-corrected chi connectivity index (χ4v) is 7.41. The third-order valence-corrected chi connectivity index (χ3v) is 10.2. The Labute approximate surface area is 285 Å². The van der Waals surface area contributed by atoms with Crippen LogP contribution in [0.3, 0.4) is 0 Å². The second kappa shape index (κ2) is 15.0. The number of ether oxygens (including phenoxy) is 1. The van der Waals surface area contributed by atoms with Crippen LogP contribution in [0.5, 0.6) is 5.75 Å². The summed E-state index contributed by atoms with van der Waals surface area (Å²) in [6.45, 7) is -0.0524. The lowest BCUT2D eigenvalue weighted by atomic mass is 9.85. The van der Waals surface area contributed by atoms with E-state index in [0.29, 0.717) is 24.3 Å². The van der Waals surface area contributed by atoms with Crippen molar-refractivity contribution < 1.29 is 32.6 Å². The van der Waals surface area contributed by atoms with E-state index in [-0.39, 0.29) is 60.4 Å². The van der Waals surface area contributed by atoms with Crippen LogP contribution in [0, 0.1) is 11.8 Å². The van der Waals surface area contributed by atoms with E-state index in [1.807, 2.05) is 72.8 Å². The Morgan fingerprint density at radius 2 is 1.33 bits per heavy atom. The van der Waals surface area contributed by atoms with Crippen molar-refractivity contribution in [2.75, 3.05) is 18.1 Å². The van der Waals surface area contributed by atoms with E-state index in [9.17, 15) is 27.9 Å². The highest BCUT2D eigenvalue weighted by Crippen LogP contribution is 2.38. The van der Waals surface area contributed by atoms with Crippen LogP contribution in [0.2, 0.25) is 0 Å². The van der Waals surface area contributed by atoms with Gasteiger partial charge in [-0.3, -0.25) is 19.3 Å².